The molecule has 1 aromatic rings. The van der Waals surface area contributed by atoms with Crippen LogP contribution in [0.25, 0.3) is 0 Å². The summed E-state index contributed by atoms with van der Waals surface area (Å²) in [6.07, 6.45) is -5.29. The van der Waals surface area contributed by atoms with Crippen molar-refractivity contribution in [3.05, 3.63) is 28.8 Å². The van der Waals surface area contributed by atoms with Crippen molar-refractivity contribution in [2.24, 2.45) is 0 Å². The first-order valence-electron chi connectivity index (χ1n) is 5.84. The van der Waals surface area contributed by atoms with Gasteiger partial charge in [-0.1, -0.05) is 22.0 Å². The molecule has 0 unspecified atom stereocenters. The number of esters is 1. The zero-order chi connectivity index (χ0) is 16.0. The number of halogens is 4. The Morgan fingerprint density at radius 2 is 2.10 bits per heavy atom. The summed E-state index contributed by atoms with van der Waals surface area (Å²) < 4.78 is 46.3. The standard InChI is InChI=1S/C13H11BrF3NO3/c1-2-20-11(19)5-8-3-4-9(7-18)10(6-14)12(8)21-13(15,16)17/h3-4H,2,5-6H2,1H3. The van der Waals surface area contributed by atoms with E-state index < -0.39 is 18.1 Å². The second kappa shape index (κ2) is 7.31. The first-order chi connectivity index (χ1) is 9.82. The summed E-state index contributed by atoms with van der Waals surface area (Å²) in [5.41, 5.74) is 0.0922. The molecule has 0 saturated carbocycles. The Labute approximate surface area is 127 Å². The van der Waals surface area contributed by atoms with E-state index in [1.165, 1.54) is 12.1 Å². The lowest BCUT2D eigenvalue weighted by molar-refractivity contribution is -0.275. The van der Waals surface area contributed by atoms with E-state index in [0.717, 1.165) is 0 Å². The Bertz CT molecular complexity index is 567. The van der Waals surface area contributed by atoms with E-state index in [4.69, 9.17) is 10.00 Å². The van der Waals surface area contributed by atoms with Crippen LogP contribution in [0.5, 0.6) is 5.75 Å². The van der Waals surface area contributed by atoms with Crippen molar-refractivity contribution < 1.29 is 27.4 Å². The van der Waals surface area contributed by atoms with Gasteiger partial charge in [-0.25, -0.2) is 0 Å². The molecule has 1 aromatic carbocycles. The molecule has 114 valence electrons. The number of ether oxygens (including phenoxy) is 2. The molecule has 21 heavy (non-hydrogen) atoms. The molecule has 0 saturated heterocycles. The largest absolute Gasteiger partial charge is 0.573 e. The minimum atomic E-state index is -4.92. The van der Waals surface area contributed by atoms with E-state index in [-0.39, 0.29) is 35.0 Å². The zero-order valence-electron chi connectivity index (χ0n) is 11.0. The number of hydrogen-bond donors (Lipinski definition) is 0. The molecule has 0 N–H and O–H groups in total. The third kappa shape index (κ3) is 4.93. The molecule has 8 heteroatoms. The van der Waals surface area contributed by atoms with Crippen LogP contribution in [0.4, 0.5) is 13.2 Å². The van der Waals surface area contributed by atoms with Crippen LogP contribution in [0.1, 0.15) is 23.6 Å². The molecule has 0 radical (unpaired) electrons. The highest BCUT2D eigenvalue weighted by atomic mass is 79.9. The molecule has 0 aliphatic carbocycles. The van der Waals surface area contributed by atoms with E-state index in [1.54, 1.807) is 13.0 Å². The topological polar surface area (TPSA) is 59.3 Å². The minimum absolute atomic E-state index is 0.0132. The van der Waals surface area contributed by atoms with Crippen LogP contribution in [0.2, 0.25) is 0 Å². The number of carbonyl (C=O) groups is 1. The number of rotatable bonds is 5. The fourth-order valence-electron chi connectivity index (χ4n) is 1.66. The number of nitriles is 1. The SMILES string of the molecule is CCOC(=O)Cc1ccc(C#N)c(CBr)c1OC(F)(F)F. The first kappa shape index (κ1) is 17.3. The van der Waals surface area contributed by atoms with Crippen LogP contribution in [0.15, 0.2) is 12.1 Å². The normalized spacial score (nSPS) is 10.9. The highest BCUT2D eigenvalue weighted by molar-refractivity contribution is 9.08. The molecule has 0 amide bonds. The van der Waals surface area contributed by atoms with E-state index in [1.807, 2.05) is 0 Å². The van der Waals surface area contributed by atoms with Gasteiger partial charge in [0, 0.05) is 16.5 Å². The highest BCUT2D eigenvalue weighted by Crippen LogP contribution is 2.34. The van der Waals surface area contributed by atoms with Gasteiger partial charge in [-0.05, 0) is 13.0 Å². The van der Waals surface area contributed by atoms with Crippen molar-refractivity contribution in [1.82, 2.24) is 0 Å². The van der Waals surface area contributed by atoms with Gasteiger partial charge in [-0.2, -0.15) is 5.26 Å². The zero-order valence-corrected chi connectivity index (χ0v) is 12.5. The Morgan fingerprint density at radius 1 is 1.43 bits per heavy atom. The molecule has 1 rings (SSSR count). The third-order valence-electron chi connectivity index (χ3n) is 2.45. The maximum Gasteiger partial charge on any atom is 0.573 e. The predicted octanol–water partition coefficient (Wildman–Crippen LogP) is 3.46. The van der Waals surface area contributed by atoms with Crippen molar-refractivity contribution in [3.8, 4) is 11.8 Å². The lowest BCUT2D eigenvalue weighted by Crippen LogP contribution is -2.20. The van der Waals surface area contributed by atoms with Crippen LogP contribution in [-0.2, 0) is 21.3 Å². The number of benzene rings is 1. The monoisotopic (exact) mass is 365 g/mol. The van der Waals surface area contributed by atoms with Gasteiger partial charge in [0.25, 0.3) is 0 Å². The van der Waals surface area contributed by atoms with Gasteiger partial charge in [-0.15, -0.1) is 13.2 Å². The van der Waals surface area contributed by atoms with E-state index >= 15 is 0 Å². The van der Waals surface area contributed by atoms with Gasteiger partial charge in [0.2, 0.25) is 0 Å². The summed E-state index contributed by atoms with van der Waals surface area (Å²) in [5.74, 6) is -1.21. The van der Waals surface area contributed by atoms with Gasteiger partial charge >= 0.3 is 12.3 Å². The van der Waals surface area contributed by atoms with E-state index in [2.05, 4.69) is 20.7 Å². The summed E-state index contributed by atoms with van der Waals surface area (Å²) in [7, 11) is 0. The Kier molecular flexibility index (Phi) is 6.03. The quantitative estimate of drug-likeness (QED) is 0.592. The maximum absolute atomic E-state index is 12.5. The molecule has 0 aliphatic rings. The molecule has 0 spiro atoms. The molecule has 0 aliphatic heterocycles. The van der Waals surface area contributed by atoms with Gasteiger partial charge in [0.1, 0.15) is 5.75 Å². The van der Waals surface area contributed by atoms with Crippen LogP contribution >= 0.6 is 15.9 Å². The minimum Gasteiger partial charge on any atom is -0.466 e. The van der Waals surface area contributed by atoms with Crippen molar-refractivity contribution in [2.45, 2.75) is 25.0 Å². The van der Waals surface area contributed by atoms with Crippen LogP contribution in [0.3, 0.4) is 0 Å². The molecule has 4 nitrogen and oxygen atoms in total. The Morgan fingerprint density at radius 3 is 2.57 bits per heavy atom. The predicted molar refractivity (Wildman–Crippen MR) is 70.8 cm³/mol. The molecular weight excluding hydrogens is 355 g/mol. The highest BCUT2D eigenvalue weighted by Gasteiger charge is 2.34. The van der Waals surface area contributed by atoms with Gasteiger partial charge in [0.15, 0.2) is 0 Å². The summed E-state index contributed by atoms with van der Waals surface area (Å²) in [4.78, 5) is 11.4. The van der Waals surface area contributed by atoms with E-state index in [9.17, 15) is 18.0 Å². The molecule has 0 fully saturated rings. The average molecular weight is 366 g/mol. The van der Waals surface area contributed by atoms with Crippen molar-refractivity contribution in [1.29, 1.82) is 5.26 Å². The van der Waals surface area contributed by atoms with Crippen molar-refractivity contribution in [2.75, 3.05) is 6.61 Å². The van der Waals surface area contributed by atoms with Gasteiger partial charge in [-0.3, -0.25) is 4.79 Å². The Balaban J connectivity index is 3.29. The summed E-state index contributed by atoms with van der Waals surface area (Å²) >= 11 is 3.02. The molecule has 0 bridgehead atoms. The summed E-state index contributed by atoms with van der Waals surface area (Å²) in [6, 6.07) is 4.38. The van der Waals surface area contributed by atoms with Crippen LogP contribution in [0, 0.1) is 11.3 Å². The summed E-state index contributed by atoms with van der Waals surface area (Å²) in [6.45, 7) is 1.71. The lowest BCUT2D eigenvalue weighted by Gasteiger charge is -2.17. The number of hydrogen-bond acceptors (Lipinski definition) is 4. The second-order valence-corrected chi connectivity index (χ2v) is 4.42. The van der Waals surface area contributed by atoms with Crippen LogP contribution in [-0.4, -0.2) is 18.9 Å². The summed E-state index contributed by atoms with van der Waals surface area (Å²) in [5, 5.41) is 8.91. The lowest BCUT2D eigenvalue weighted by atomic mass is 10.0. The maximum atomic E-state index is 12.5. The fraction of sp³-hybridized carbons (Fsp3) is 0.385. The smallest absolute Gasteiger partial charge is 0.466 e. The van der Waals surface area contributed by atoms with Crippen LogP contribution < -0.4 is 4.74 Å². The first-order valence-corrected chi connectivity index (χ1v) is 6.96. The number of carbonyl (C=O) groups excluding carboxylic acids is 1. The van der Waals surface area contributed by atoms with Crippen molar-refractivity contribution in [3.63, 3.8) is 0 Å². The fourth-order valence-corrected chi connectivity index (χ4v) is 2.22. The van der Waals surface area contributed by atoms with Crippen molar-refractivity contribution >= 4 is 21.9 Å². The van der Waals surface area contributed by atoms with E-state index in [0.29, 0.717) is 0 Å². The third-order valence-corrected chi connectivity index (χ3v) is 3.01. The molecular formula is C13H11BrF3NO3. The average Bonchev–Trinajstić information content (AvgIpc) is 2.39. The van der Waals surface area contributed by atoms with Gasteiger partial charge < -0.3 is 9.47 Å². The number of nitrogens with zero attached hydrogens (tertiary/aromatic N) is 1. The molecule has 0 atom stereocenters. The Hall–Kier alpha value is -1.75. The molecule has 0 aromatic heterocycles. The van der Waals surface area contributed by atoms with Gasteiger partial charge in [0.05, 0.1) is 24.7 Å². The molecule has 0 heterocycles. The number of alkyl halides is 4. The second-order valence-electron chi connectivity index (χ2n) is 3.85.